The zero-order chi connectivity index (χ0) is 13.9. The van der Waals surface area contributed by atoms with E-state index in [9.17, 15) is 0 Å². The Morgan fingerprint density at radius 1 is 1.10 bits per heavy atom. The average Bonchev–Trinajstić information content (AvgIpc) is 2.77. The van der Waals surface area contributed by atoms with E-state index in [4.69, 9.17) is 5.73 Å². The lowest BCUT2D eigenvalue weighted by atomic mass is 10.0. The molecule has 2 atom stereocenters. The van der Waals surface area contributed by atoms with Crippen molar-refractivity contribution in [3.63, 3.8) is 0 Å². The van der Waals surface area contributed by atoms with Crippen LogP contribution in [0.4, 0.5) is 5.69 Å². The number of nitrogens with two attached hydrogens (primary N) is 1. The molecule has 0 saturated carbocycles. The number of nitrogens with zero attached hydrogens (tertiary/aromatic N) is 1. The first-order valence-corrected chi connectivity index (χ1v) is 7.38. The van der Waals surface area contributed by atoms with E-state index in [-0.39, 0.29) is 6.04 Å². The third-order valence-electron chi connectivity index (χ3n) is 4.04. The minimum Gasteiger partial charge on any atom is -0.364 e. The van der Waals surface area contributed by atoms with E-state index in [0.717, 1.165) is 19.4 Å². The number of anilines is 1. The molecule has 1 aliphatic rings. The first kappa shape index (κ1) is 13.2. The van der Waals surface area contributed by atoms with Gasteiger partial charge in [-0.25, -0.2) is 0 Å². The third-order valence-corrected chi connectivity index (χ3v) is 4.04. The largest absolute Gasteiger partial charge is 0.364 e. The molecule has 1 heterocycles. The van der Waals surface area contributed by atoms with Crippen LogP contribution >= 0.6 is 0 Å². The number of rotatable bonds is 4. The molecule has 0 spiro atoms. The van der Waals surface area contributed by atoms with Crippen molar-refractivity contribution in [2.45, 2.75) is 38.4 Å². The molecule has 0 aliphatic carbocycles. The van der Waals surface area contributed by atoms with Gasteiger partial charge in [-0.15, -0.1) is 0 Å². The van der Waals surface area contributed by atoms with Gasteiger partial charge in [0.15, 0.2) is 0 Å². The predicted molar refractivity (Wildman–Crippen MR) is 84.8 cm³/mol. The Morgan fingerprint density at radius 2 is 1.80 bits per heavy atom. The monoisotopic (exact) mass is 266 g/mol. The van der Waals surface area contributed by atoms with Gasteiger partial charge in [0.25, 0.3) is 0 Å². The lowest BCUT2D eigenvalue weighted by molar-refractivity contribution is 0.522. The van der Waals surface area contributed by atoms with Gasteiger partial charge < -0.3 is 10.6 Å². The maximum atomic E-state index is 6.04. The van der Waals surface area contributed by atoms with Gasteiger partial charge in [0.05, 0.1) is 0 Å². The van der Waals surface area contributed by atoms with Crippen molar-refractivity contribution >= 4 is 5.69 Å². The van der Waals surface area contributed by atoms with Crippen molar-refractivity contribution in [2.24, 2.45) is 5.73 Å². The summed E-state index contributed by atoms with van der Waals surface area (Å²) in [4.78, 5) is 2.52. The van der Waals surface area contributed by atoms with Crippen molar-refractivity contribution in [3.8, 4) is 0 Å². The molecular weight excluding hydrogens is 244 g/mol. The molecule has 2 N–H and O–H groups in total. The number of para-hydroxylation sites is 1. The van der Waals surface area contributed by atoms with Gasteiger partial charge in [0.1, 0.15) is 0 Å². The van der Waals surface area contributed by atoms with E-state index >= 15 is 0 Å². The number of hydrogen-bond donors (Lipinski definition) is 1. The van der Waals surface area contributed by atoms with Crippen LogP contribution in [0.1, 0.15) is 24.5 Å². The van der Waals surface area contributed by atoms with Crippen LogP contribution in [-0.2, 0) is 13.0 Å². The SMILES string of the molecule is CC(N)CC1Cc2ccccc2N1Cc1ccccc1. The summed E-state index contributed by atoms with van der Waals surface area (Å²) in [7, 11) is 0. The van der Waals surface area contributed by atoms with Crippen LogP contribution in [0.3, 0.4) is 0 Å². The number of benzene rings is 2. The standard InChI is InChI=1S/C18H22N2/c1-14(19)11-17-12-16-9-5-6-10-18(16)20(17)13-15-7-3-2-4-8-15/h2-10,14,17H,11-13,19H2,1H3. The highest BCUT2D eigenvalue weighted by atomic mass is 15.2. The summed E-state index contributed by atoms with van der Waals surface area (Å²) in [6.45, 7) is 3.07. The Bertz CT molecular complexity index is 563. The van der Waals surface area contributed by atoms with Crippen LogP contribution in [0.25, 0.3) is 0 Å². The fourth-order valence-corrected chi connectivity index (χ4v) is 3.16. The zero-order valence-corrected chi connectivity index (χ0v) is 12.0. The maximum absolute atomic E-state index is 6.04. The highest BCUT2D eigenvalue weighted by Gasteiger charge is 2.29. The molecule has 2 aromatic carbocycles. The average molecular weight is 266 g/mol. The molecule has 0 amide bonds. The Morgan fingerprint density at radius 3 is 2.55 bits per heavy atom. The molecule has 1 aliphatic heterocycles. The zero-order valence-electron chi connectivity index (χ0n) is 12.0. The molecule has 3 rings (SSSR count). The first-order chi connectivity index (χ1) is 9.74. The molecule has 0 radical (unpaired) electrons. The Balaban J connectivity index is 1.87. The molecule has 0 aromatic heterocycles. The highest BCUT2D eigenvalue weighted by molar-refractivity contribution is 5.59. The molecular formula is C18H22N2. The van der Waals surface area contributed by atoms with Gasteiger partial charge in [-0.05, 0) is 37.0 Å². The quantitative estimate of drug-likeness (QED) is 0.919. The lowest BCUT2D eigenvalue weighted by Gasteiger charge is -2.29. The van der Waals surface area contributed by atoms with E-state index in [2.05, 4.69) is 66.4 Å². The molecule has 0 fully saturated rings. The molecule has 2 nitrogen and oxygen atoms in total. The topological polar surface area (TPSA) is 29.3 Å². The van der Waals surface area contributed by atoms with Crippen molar-refractivity contribution in [1.82, 2.24) is 0 Å². The molecule has 20 heavy (non-hydrogen) atoms. The molecule has 0 saturated heterocycles. The van der Waals surface area contributed by atoms with Gasteiger partial charge in [-0.2, -0.15) is 0 Å². The second-order valence-electron chi connectivity index (χ2n) is 5.81. The van der Waals surface area contributed by atoms with Crippen LogP contribution in [0, 0.1) is 0 Å². The number of fused-ring (bicyclic) bond motifs is 1. The van der Waals surface area contributed by atoms with Gasteiger partial charge in [0.2, 0.25) is 0 Å². The van der Waals surface area contributed by atoms with E-state index in [0.29, 0.717) is 6.04 Å². The summed E-state index contributed by atoms with van der Waals surface area (Å²) in [5, 5.41) is 0. The second kappa shape index (κ2) is 5.68. The fraction of sp³-hybridized carbons (Fsp3) is 0.333. The van der Waals surface area contributed by atoms with Crippen LogP contribution in [-0.4, -0.2) is 12.1 Å². The summed E-state index contributed by atoms with van der Waals surface area (Å²) in [6, 6.07) is 20.2. The minimum absolute atomic E-state index is 0.243. The summed E-state index contributed by atoms with van der Waals surface area (Å²) >= 11 is 0. The normalized spacial score (nSPS) is 18.9. The van der Waals surface area contributed by atoms with Gasteiger partial charge in [-0.3, -0.25) is 0 Å². The fourth-order valence-electron chi connectivity index (χ4n) is 3.16. The van der Waals surface area contributed by atoms with E-state index in [1.165, 1.54) is 16.8 Å². The van der Waals surface area contributed by atoms with Crippen LogP contribution in [0.15, 0.2) is 54.6 Å². The molecule has 0 bridgehead atoms. The molecule has 2 heteroatoms. The van der Waals surface area contributed by atoms with Crippen LogP contribution < -0.4 is 10.6 Å². The smallest absolute Gasteiger partial charge is 0.0432 e. The highest BCUT2D eigenvalue weighted by Crippen LogP contribution is 2.34. The van der Waals surface area contributed by atoms with Crippen molar-refractivity contribution in [2.75, 3.05) is 4.90 Å². The van der Waals surface area contributed by atoms with Crippen LogP contribution in [0.2, 0.25) is 0 Å². The number of hydrogen-bond acceptors (Lipinski definition) is 2. The molecule has 2 unspecified atom stereocenters. The summed E-state index contributed by atoms with van der Waals surface area (Å²) in [5.74, 6) is 0. The summed E-state index contributed by atoms with van der Waals surface area (Å²) in [5.41, 5.74) is 10.2. The van der Waals surface area contributed by atoms with E-state index in [1.54, 1.807) is 0 Å². The van der Waals surface area contributed by atoms with Crippen molar-refractivity contribution in [1.29, 1.82) is 0 Å². The third kappa shape index (κ3) is 2.70. The lowest BCUT2D eigenvalue weighted by Crippen LogP contribution is -2.36. The predicted octanol–water partition coefficient (Wildman–Crippen LogP) is 3.36. The van der Waals surface area contributed by atoms with Crippen LogP contribution in [0.5, 0.6) is 0 Å². The van der Waals surface area contributed by atoms with E-state index in [1.807, 2.05) is 0 Å². The van der Waals surface area contributed by atoms with Crippen molar-refractivity contribution < 1.29 is 0 Å². The minimum atomic E-state index is 0.243. The Kier molecular flexibility index (Phi) is 3.75. The summed E-state index contributed by atoms with van der Waals surface area (Å²) in [6.07, 6.45) is 2.16. The first-order valence-electron chi connectivity index (χ1n) is 7.38. The summed E-state index contributed by atoms with van der Waals surface area (Å²) < 4.78 is 0. The van der Waals surface area contributed by atoms with E-state index < -0.39 is 0 Å². The maximum Gasteiger partial charge on any atom is 0.0432 e. The molecule has 2 aromatic rings. The second-order valence-corrected chi connectivity index (χ2v) is 5.81. The van der Waals surface area contributed by atoms with Gasteiger partial charge in [0, 0.05) is 24.3 Å². The van der Waals surface area contributed by atoms with Crippen molar-refractivity contribution in [3.05, 3.63) is 65.7 Å². The Hall–Kier alpha value is -1.80. The Labute approximate surface area is 121 Å². The molecule has 104 valence electrons. The van der Waals surface area contributed by atoms with Gasteiger partial charge in [-0.1, -0.05) is 48.5 Å². The van der Waals surface area contributed by atoms with Gasteiger partial charge >= 0.3 is 0 Å².